The molecule has 2 amide bonds. The Morgan fingerprint density at radius 1 is 0.846 bits per heavy atom. The maximum absolute atomic E-state index is 12.8. The third-order valence-electron chi connectivity index (χ3n) is 5.23. The van der Waals surface area contributed by atoms with Crippen molar-refractivity contribution in [2.75, 3.05) is 0 Å². The van der Waals surface area contributed by atoms with Gasteiger partial charge in [-0.25, -0.2) is 4.79 Å². The van der Waals surface area contributed by atoms with Gasteiger partial charge in [0.05, 0.1) is 17.0 Å². The molecule has 0 bridgehead atoms. The van der Waals surface area contributed by atoms with Gasteiger partial charge in [-0.2, -0.15) is 0 Å². The van der Waals surface area contributed by atoms with Gasteiger partial charge in [-0.05, 0) is 36.5 Å². The van der Waals surface area contributed by atoms with Crippen molar-refractivity contribution in [3.63, 3.8) is 0 Å². The molecule has 0 saturated heterocycles. The van der Waals surface area contributed by atoms with E-state index in [1.807, 2.05) is 30.3 Å². The zero-order valence-corrected chi connectivity index (χ0v) is 14.3. The number of benzene rings is 2. The molecule has 1 aliphatic heterocycles. The van der Waals surface area contributed by atoms with E-state index in [1.54, 1.807) is 24.3 Å². The number of hydrogen-bond donors (Lipinski definition) is 0. The number of hydroxylamine groups is 2. The summed E-state index contributed by atoms with van der Waals surface area (Å²) < 4.78 is 0. The lowest BCUT2D eigenvalue weighted by atomic mass is 9.75. The summed E-state index contributed by atoms with van der Waals surface area (Å²) in [7, 11) is 0. The number of hydrogen-bond acceptors (Lipinski definition) is 4. The minimum absolute atomic E-state index is 0.0487. The van der Waals surface area contributed by atoms with E-state index in [1.165, 1.54) is 0 Å². The number of nitrogens with zero attached hydrogens (tertiary/aromatic N) is 1. The van der Waals surface area contributed by atoms with Crippen LogP contribution in [-0.4, -0.2) is 22.8 Å². The maximum Gasteiger partial charge on any atom is 0.336 e. The molecule has 0 spiro atoms. The van der Waals surface area contributed by atoms with E-state index in [9.17, 15) is 14.4 Å². The molecule has 26 heavy (non-hydrogen) atoms. The van der Waals surface area contributed by atoms with Gasteiger partial charge in [0.2, 0.25) is 0 Å². The van der Waals surface area contributed by atoms with E-state index in [0.29, 0.717) is 11.5 Å². The van der Waals surface area contributed by atoms with Gasteiger partial charge in [-0.1, -0.05) is 60.4 Å². The number of carbonyl (C=O) groups is 3. The predicted octanol–water partition coefficient (Wildman–Crippen LogP) is 3.71. The van der Waals surface area contributed by atoms with Gasteiger partial charge < -0.3 is 4.84 Å². The number of amides is 2. The van der Waals surface area contributed by atoms with Crippen LogP contribution in [0.4, 0.5) is 0 Å². The van der Waals surface area contributed by atoms with Crippen molar-refractivity contribution in [2.45, 2.75) is 31.6 Å². The van der Waals surface area contributed by atoms with Crippen molar-refractivity contribution >= 4 is 17.8 Å². The first-order valence-electron chi connectivity index (χ1n) is 8.91. The van der Waals surface area contributed by atoms with Crippen molar-refractivity contribution in [1.82, 2.24) is 5.06 Å². The molecule has 1 heterocycles. The van der Waals surface area contributed by atoms with Crippen LogP contribution >= 0.6 is 0 Å². The van der Waals surface area contributed by atoms with E-state index in [-0.39, 0.29) is 23.0 Å². The van der Waals surface area contributed by atoms with E-state index >= 15 is 0 Å². The van der Waals surface area contributed by atoms with Gasteiger partial charge in [0.25, 0.3) is 11.8 Å². The second-order valence-corrected chi connectivity index (χ2v) is 6.77. The van der Waals surface area contributed by atoms with Crippen LogP contribution in [0.3, 0.4) is 0 Å². The Balaban J connectivity index is 1.54. The highest BCUT2D eigenvalue weighted by atomic mass is 16.7. The molecule has 0 aromatic heterocycles. The van der Waals surface area contributed by atoms with Gasteiger partial charge in [0.1, 0.15) is 0 Å². The minimum Gasteiger partial charge on any atom is -0.329 e. The topological polar surface area (TPSA) is 63.7 Å². The van der Waals surface area contributed by atoms with Crippen LogP contribution < -0.4 is 0 Å². The largest absolute Gasteiger partial charge is 0.336 e. The molecule has 2 aliphatic rings. The molecule has 132 valence electrons. The van der Waals surface area contributed by atoms with Crippen LogP contribution in [0.15, 0.2) is 54.6 Å². The zero-order valence-electron chi connectivity index (χ0n) is 14.3. The first-order valence-corrected chi connectivity index (χ1v) is 8.91. The van der Waals surface area contributed by atoms with Crippen LogP contribution in [0.25, 0.3) is 0 Å². The molecular weight excluding hydrogens is 330 g/mol. The van der Waals surface area contributed by atoms with Crippen molar-refractivity contribution in [1.29, 1.82) is 0 Å². The fourth-order valence-corrected chi connectivity index (χ4v) is 3.92. The molecule has 2 atom stereocenters. The summed E-state index contributed by atoms with van der Waals surface area (Å²) in [6.07, 6.45) is 3.58. The quantitative estimate of drug-likeness (QED) is 0.793. The first kappa shape index (κ1) is 16.5. The summed E-state index contributed by atoms with van der Waals surface area (Å²) in [5.41, 5.74) is 1.64. The third-order valence-corrected chi connectivity index (χ3v) is 5.23. The number of imide groups is 1. The van der Waals surface area contributed by atoms with Crippen LogP contribution in [0.1, 0.15) is 57.9 Å². The average Bonchev–Trinajstić information content (AvgIpc) is 2.94. The van der Waals surface area contributed by atoms with Gasteiger partial charge in [0, 0.05) is 0 Å². The lowest BCUT2D eigenvalue weighted by Gasteiger charge is -2.30. The Hall–Kier alpha value is -2.95. The van der Waals surface area contributed by atoms with E-state index in [2.05, 4.69) is 0 Å². The molecule has 0 unspecified atom stereocenters. The highest BCUT2D eigenvalue weighted by molar-refractivity contribution is 6.20. The summed E-state index contributed by atoms with van der Waals surface area (Å²) in [6, 6.07) is 16.4. The molecule has 2 aromatic carbocycles. The Morgan fingerprint density at radius 3 is 2.08 bits per heavy atom. The minimum atomic E-state index is -0.578. The van der Waals surface area contributed by atoms with Crippen LogP contribution in [0.5, 0.6) is 0 Å². The normalized spacial score (nSPS) is 22.2. The van der Waals surface area contributed by atoms with Gasteiger partial charge in [-0.3, -0.25) is 9.59 Å². The summed E-state index contributed by atoms with van der Waals surface area (Å²) in [6.45, 7) is 0. The van der Waals surface area contributed by atoms with E-state index < -0.39 is 17.8 Å². The number of fused-ring (bicyclic) bond motifs is 1. The lowest BCUT2D eigenvalue weighted by molar-refractivity contribution is -0.175. The summed E-state index contributed by atoms with van der Waals surface area (Å²) in [4.78, 5) is 42.9. The Bertz CT molecular complexity index is 826. The second-order valence-electron chi connectivity index (χ2n) is 6.77. The number of rotatable bonds is 3. The Kier molecular flexibility index (Phi) is 4.29. The molecule has 1 fully saturated rings. The molecular formula is C21H19NO4. The molecule has 4 rings (SSSR count). The van der Waals surface area contributed by atoms with Gasteiger partial charge >= 0.3 is 5.97 Å². The molecule has 1 saturated carbocycles. The van der Waals surface area contributed by atoms with Crippen LogP contribution in [0, 0.1) is 5.92 Å². The average molecular weight is 349 g/mol. The lowest BCUT2D eigenvalue weighted by Crippen LogP contribution is -2.37. The molecule has 0 N–H and O–H groups in total. The zero-order chi connectivity index (χ0) is 18.1. The van der Waals surface area contributed by atoms with Crippen molar-refractivity contribution in [3.8, 4) is 0 Å². The Labute approximate surface area is 151 Å². The summed E-state index contributed by atoms with van der Waals surface area (Å²) >= 11 is 0. The maximum atomic E-state index is 12.8. The molecule has 0 radical (unpaired) electrons. The molecule has 5 nitrogen and oxygen atoms in total. The van der Waals surface area contributed by atoms with Crippen LogP contribution in [0.2, 0.25) is 0 Å². The molecule has 2 aromatic rings. The van der Waals surface area contributed by atoms with Crippen molar-refractivity contribution in [2.24, 2.45) is 5.92 Å². The van der Waals surface area contributed by atoms with Crippen molar-refractivity contribution < 1.29 is 19.2 Å². The van der Waals surface area contributed by atoms with Crippen molar-refractivity contribution in [3.05, 3.63) is 71.3 Å². The van der Waals surface area contributed by atoms with E-state index in [0.717, 1.165) is 24.8 Å². The smallest absolute Gasteiger partial charge is 0.329 e. The first-order chi connectivity index (χ1) is 12.7. The fraction of sp³-hybridized carbons (Fsp3) is 0.286. The Morgan fingerprint density at radius 2 is 1.42 bits per heavy atom. The summed E-state index contributed by atoms with van der Waals surface area (Å²) in [5, 5.41) is 0.615. The fourth-order valence-electron chi connectivity index (χ4n) is 3.92. The molecule has 5 heteroatoms. The highest BCUT2D eigenvalue weighted by Crippen LogP contribution is 2.39. The van der Waals surface area contributed by atoms with Crippen LogP contribution in [-0.2, 0) is 9.63 Å². The molecule has 1 aliphatic carbocycles. The number of carbonyl (C=O) groups excluding carboxylic acids is 3. The monoisotopic (exact) mass is 349 g/mol. The second kappa shape index (κ2) is 6.75. The van der Waals surface area contributed by atoms with E-state index in [4.69, 9.17) is 4.84 Å². The predicted molar refractivity (Wildman–Crippen MR) is 94.2 cm³/mol. The highest BCUT2D eigenvalue weighted by Gasteiger charge is 2.41. The standard InChI is InChI=1S/C21H19NO4/c23-19-16-11-5-6-12-17(16)20(24)22(19)26-21(25)18-13-7-4-10-15(18)14-8-2-1-3-9-14/h1-3,5-6,8-9,11-12,15,18H,4,7,10,13H2/t15-,18-/m0/s1. The SMILES string of the molecule is O=C(ON1C(=O)c2ccccc2C1=O)[C@H]1CCCC[C@H]1c1ccccc1. The van der Waals surface area contributed by atoms with Gasteiger partial charge in [-0.15, -0.1) is 0 Å². The van der Waals surface area contributed by atoms with Gasteiger partial charge in [0.15, 0.2) is 0 Å². The summed E-state index contributed by atoms with van der Waals surface area (Å²) in [5.74, 6) is -1.96. The third kappa shape index (κ3) is 2.79.